The van der Waals surface area contributed by atoms with E-state index in [-0.39, 0.29) is 16.9 Å². The number of carboxylic acid groups (broad SMARTS) is 1. The number of aromatic carboxylic acids is 1. The normalized spacial score (nSPS) is 12.1. The summed E-state index contributed by atoms with van der Waals surface area (Å²) in [6.45, 7) is 1.49. The highest BCUT2D eigenvalue weighted by atomic mass is 16.6. The molecule has 0 fully saturated rings. The van der Waals surface area contributed by atoms with Crippen LogP contribution in [-0.2, 0) is 6.42 Å². The number of nitrogens with zero attached hydrogens (tertiary/aromatic N) is 1. The van der Waals surface area contributed by atoms with Crippen LogP contribution < -0.4 is 0 Å². The molecule has 1 aromatic carbocycles. The highest BCUT2D eigenvalue weighted by Gasteiger charge is 2.14. The number of nitro groups is 1. The van der Waals surface area contributed by atoms with Gasteiger partial charge in [-0.1, -0.05) is 12.1 Å². The minimum Gasteiger partial charge on any atom is -0.478 e. The standard InChI is InChI=1S/C10H11NO4/c1-7(11(14)15)5-8-3-2-4-9(6-8)10(12)13/h2-4,6-7H,5H2,1H3,(H,12,13)/t7-/m0/s1. The molecule has 80 valence electrons. The van der Waals surface area contributed by atoms with E-state index in [4.69, 9.17) is 5.11 Å². The second-order valence-corrected chi connectivity index (χ2v) is 3.34. The van der Waals surface area contributed by atoms with Crippen molar-refractivity contribution in [3.05, 3.63) is 45.5 Å². The third-order valence-corrected chi connectivity index (χ3v) is 2.06. The molecule has 1 rings (SSSR count). The maximum Gasteiger partial charge on any atom is 0.335 e. The molecule has 5 heteroatoms. The van der Waals surface area contributed by atoms with Crippen molar-refractivity contribution in [1.82, 2.24) is 0 Å². The Hall–Kier alpha value is -1.91. The van der Waals surface area contributed by atoms with Crippen LogP contribution in [0, 0.1) is 10.1 Å². The summed E-state index contributed by atoms with van der Waals surface area (Å²) < 4.78 is 0. The second kappa shape index (κ2) is 4.54. The maximum atomic E-state index is 10.6. The molecule has 0 heterocycles. The van der Waals surface area contributed by atoms with Gasteiger partial charge in [-0.3, -0.25) is 10.1 Å². The van der Waals surface area contributed by atoms with Crippen molar-refractivity contribution in [2.75, 3.05) is 0 Å². The molecule has 0 unspecified atom stereocenters. The molecule has 0 saturated carbocycles. The summed E-state index contributed by atoms with van der Waals surface area (Å²) in [5.74, 6) is -1.02. The number of benzene rings is 1. The molecule has 0 spiro atoms. The lowest BCUT2D eigenvalue weighted by Gasteiger charge is -2.04. The Morgan fingerprint density at radius 2 is 2.27 bits per heavy atom. The van der Waals surface area contributed by atoms with Crippen molar-refractivity contribution in [2.24, 2.45) is 0 Å². The van der Waals surface area contributed by atoms with Crippen LogP contribution in [0.3, 0.4) is 0 Å². The lowest BCUT2D eigenvalue weighted by Crippen LogP contribution is -2.17. The minimum atomic E-state index is -1.02. The molecule has 0 amide bonds. The fraction of sp³-hybridized carbons (Fsp3) is 0.300. The molecule has 0 radical (unpaired) electrons. The van der Waals surface area contributed by atoms with E-state index in [1.807, 2.05) is 0 Å². The van der Waals surface area contributed by atoms with Gasteiger partial charge >= 0.3 is 5.97 Å². The van der Waals surface area contributed by atoms with Crippen molar-refractivity contribution in [2.45, 2.75) is 19.4 Å². The molecule has 0 aromatic heterocycles. The van der Waals surface area contributed by atoms with Gasteiger partial charge in [-0.25, -0.2) is 4.79 Å². The van der Waals surface area contributed by atoms with Crippen LogP contribution in [-0.4, -0.2) is 22.0 Å². The molecule has 0 bridgehead atoms. The van der Waals surface area contributed by atoms with Gasteiger partial charge in [-0.2, -0.15) is 0 Å². The van der Waals surface area contributed by atoms with Crippen LogP contribution in [0.5, 0.6) is 0 Å². The average Bonchev–Trinajstić information content (AvgIpc) is 2.18. The van der Waals surface area contributed by atoms with Crippen LogP contribution in [0.2, 0.25) is 0 Å². The smallest absolute Gasteiger partial charge is 0.335 e. The Kier molecular flexibility index (Phi) is 3.38. The largest absolute Gasteiger partial charge is 0.478 e. The first-order chi connectivity index (χ1) is 7.00. The summed E-state index contributed by atoms with van der Waals surface area (Å²) in [6.07, 6.45) is 0.244. The van der Waals surface area contributed by atoms with Crippen LogP contribution in [0.15, 0.2) is 24.3 Å². The predicted molar refractivity (Wildman–Crippen MR) is 53.6 cm³/mol. The van der Waals surface area contributed by atoms with E-state index in [9.17, 15) is 14.9 Å². The second-order valence-electron chi connectivity index (χ2n) is 3.34. The maximum absolute atomic E-state index is 10.6. The molecule has 0 aliphatic carbocycles. The fourth-order valence-electron chi connectivity index (χ4n) is 1.25. The molecule has 1 N–H and O–H groups in total. The lowest BCUT2D eigenvalue weighted by atomic mass is 10.0. The molecule has 0 saturated heterocycles. The number of rotatable bonds is 4. The van der Waals surface area contributed by atoms with Crippen molar-refractivity contribution in [3.63, 3.8) is 0 Å². The Balaban J connectivity index is 2.82. The van der Waals surface area contributed by atoms with Crippen molar-refractivity contribution in [3.8, 4) is 0 Å². The third-order valence-electron chi connectivity index (χ3n) is 2.06. The van der Waals surface area contributed by atoms with Crippen molar-refractivity contribution < 1.29 is 14.8 Å². The van der Waals surface area contributed by atoms with Gasteiger partial charge in [0.15, 0.2) is 0 Å². The Morgan fingerprint density at radius 1 is 1.60 bits per heavy atom. The van der Waals surface area contributed by atoms with E-state index >= 15 is 0 Å². The molecule has 0 aliphatic rings. The monoisotopic (exact) mass is 209 g/mol. The average molecular weight is 209 g/mol. The first-order valence-electron chi connectivity index (χ1n) is 4.46. The quantitative estimate of drug-likeness (QED) is 0.603. The molecule has 1 atom stereocenters. The van der Waals surface area contributed by atoms with Gasteiger partial charge in [-0.15, -0.1) is 0 Å². The van der Waals surface area contributed by atoms with E-state index in [2.05, 4.69) is 0 Å². The van der Waals surface area contributed by atoms with E-state index in [0.29, 0.717) is 5.56 Å². The van der Waals surface area contributed by atoms with Crippen LogP contribution in [0.25, 0.3) is 0 Å². The van der Waals surface area contributed by atoms with E-state index in [0.717, 1.165) is 0 Å². The Morgan fingerprint density at radius 3 is 2.80 bits per heavy atom. The number of carboxylic acids is 1. The highest BCUT2D eigenvalue weighted by molar-refractivity contribution is 5.87. The summed E-state index contributed by atoms with van der Waals surface area (Å²) in [7, 11) is 0. The summed E-state index contributed by atoms with van der Waals surface area (Å²) >= 11 is 0. The van der Waals surface area contributed by atoms with Gasteiger partial charge in [0.05, 0.1) is 5.56 Å². The number of hydrogen-bond donors (Lipinski definition) is 1. The van der Waals surface area contributed by atoms with Gasteiger partial charge in [0, 0.05) is 18.3 Å². The SMILES string of the molecule is C[C@@H](Cc1cccc(C(=O)O)c1)[N+](=O)[O-]. The van der Waals surface area contributed by atoms with Gasteiger partial charge in [-0.05, 0) is 17.7 Å². The van der Waals surface area contributed by atoms with Crippen LogP contribution in [0.4, 0.5) is 0 Å². The van der Waals surface area contributed by atoms with Crippen LogP contribution >= 0.6 is 0 Å². The molecule has 1 aromatic rings. The Bertz CT molecular complexity index is 389. The minimum absolute atomic E-state index is 0.156. The molecular formula is C10H11NO4. The molecule has 15 heavy (non-hydrogen) atoms. The van der Waals surface area contributed by atoms with E-state index in [1.54, 1.807) is 12.1 Å². The molecular weight excluding hydrogens is 198 g/mol. The van der Waals surface area contributed by atoms with Crippen LogP contribution in [0.1, 0.15) is 22.8 Å². The number of carbonyl (C=O) groups is 1. The molecule has 5 nitrogen and oxygen atoms in total. The van der Waals surface area contributed by atoms with Gasteiger partial charge in [0.25, 0.3) is 0 Å². The fourth-order valence-corrected chi connectivity index (χ4v) is 1.25. The summed E-state index contributed by atoms with van der Waals surface area (Å²) in [6, 6.07) is 5.50. The Labute approximate surface area is 86.5 Å². The summed E-state index contributed by atoms with van der Waals surface area (Å²) in [4.78, 5) is 20.7. The van der Waals surface area contributed by atoms with Gasteiger partial charge in [0.1, 0.15) is 0 Å². The van der Waals surface area contributed by atoms with Gasteiger partial charge < -0.3 is 5.11 Å². The highest BCUT2D eigenvalue weighted by Crippen LogP contribution is 2.09. The lowest BCUT2D eigenvalue weighted by molar-refractivity contribution is -0.517. The first-order valence-corrected chi connectivity index (χ1v) is 4.46. The zero-order chi connectivity index (χ0) is 11.4. The summed E-state index contributed by atoms with van der Waals surface area (Å²) in [5.41, 5.74) is 0.821. The first kappa shape index (κ1) is 11.2. The number of hydrogen-bond acceptors (Lipinski definition) is 3. The van der Waals surface area contributed by atoms with Crippen molar-refractivity contribution in [1.29, 1.82) is 0 Å². The topological polar surface area (TPSA) is 80.4 Å². The van der Waals surface area contributed by atoms with E-state index in [1.165, 1.54) is 19.1 Å². The predicted octanol–water partition coefficient (Wildman–Crippen LogP) is 1.59. The van der Waals surface area contributed by atoms with E-state index < -0.39 is 12.0 Å². The summed E-state index contributed by atoms with van der Waals surface area (Å²) in [5, 5.41) is 19.1. The van der Waals surface area contributed by atoms with Crippen molar-refractivity contribution >= 4 is 5.97 Å². The molecule has 0 aliphatic heterocycles. The zero-order valence-electron chi connectivity index (χ0n) is 8.21. The third kappa shape index (κ3) is 3.05. The zero-order valence-corrected chi connectivity index (χ0v) is 8.21. The van der Waals surface area contributed by atoms with Gasteiger partial charge in [0.2, 0.25) is 6.04 Å².